The lowest BCUT2D eigenvalue weighted by Gasteiger charge is -2.22. The second kappa shape index (κ2) is 19.9. The highest BCUT2D eigenvalue weighted by Gasteiger charge is 2.41. The van der Waals surface area contributed by atoms with E-state index in [2.05, 4.69) is 24.4 Å². The molecule has 47 heavy (non-hydrogen) atoms. The monoisotopic (exact) mass is 667 g/mol. The maximum Gasteiger partial charge on any atom is 0.308 e. The van der Waals surface area contributed by atoms with Crippen LogP contribution in [0.1, 0.15) is 90.0 Å². The average molecular weight is 668 g/mol. The van der Waals surface area contributed by atoms with Gasteiger partial charge in [-0.1, -0.05) is 87.1 Å². The molecular formula is C38H50ClNO7. The summed E-state index contributed by atoms with van der Waals surface area (Å²) in [5.74, 6) is -4.22. The SMILES string of the molecule is CCCCC/C=C/C1(CCCCCC/C=C/[C@H](C(=O)NC(C)Cc2ccc(Oc3ccc(Cl)cc3)cc2)C(CC(=O)O)C(=O)O)CO1. The van der Waals surface area contributed by atoms with Crippen molar-refractivity contribution in [1.29, 1.82) is 0 Å². The first-order chi connectivity index (χ1) is 22.6. The number of carboxylic acid groups (broad SMARTS) is 2. The molecule has 0 radical (unpaired) electrons. The predicted octanol–water partition coefficient (Wildman–Crippen LogP) is 8.77. The summed E-state index contributed by atoms with van der Waals surface area (Å²) in [6, 6.07) is 14.2. The van der Waals surface area contributed by atoms with Crippen LogP contribution in [0.4, 0.5) is 0 Å². The Morgan fingerprint density at radius 1 is 0.936 bits per heavy atom. The maximum atomic E-state index is 13.3. The van der Waals surface area contributed by atoms with Crippen LogP contribution in [0.25, 0.3) is 0 Å². The first kappa shape index (κ1) is 37.8. The fourth-order valence-electron chi connectivity index (χ4n) is 5.55. The number of carboxylic acids is 2. The number of hydrogen-bond donors (Lipinski definition) is 3. The van der Waals surface area contributed by atoms with Crippen molar-refractivity contribution in [3.63, 3.8) is 0 Å². The molecule has 1 aliphatic rings. The number of nitrogens with one attached hydrogen (secondary N) is 1. The molecule has 3 N–H and O–H groups in total. The highest BCUT2D eigenvalue weighted by molar-refractivity contribution is 6.30. The number of hydrogen-bond acceptors (Lipinski definition) is 5. The fraction of sp³-hybridized carbons (Fsp3) is 0.500. The first-order valence-corrected chi connectivity index (χ1v) is 17.2. The molecule has 2 aromatic rings. The van der Waals surface area contributed by atoms with E-state index in [4.69, 9.17) is 21.1 Å². The molecule has 1 amide bonds. The Morgan fingerprint density at radius 2 is 1.55 bits per heavy atom. The fourth-order valence-corrected chi connectivity index (χ4v) is 5.67. The molecule has 9 heteroatoms. The summed E-state index contributed by atoms with van der Waals surface area (Å²) in [6.07, 6.45) is 18.3. The van der Waals surface area contributed by atoms with E-state index in [1.165, 1.54) is 19.3 Å². The van der Waals surface area contributed by atoms with Gasteiger partial charge in [-0.25, -0.2) is 0 Å². The minimum atomic E-state index is -1.37. The zero-order valence-corrected chi connectivity index (χ0v) is 28.4. The Bertz CT molecular complexity index is 1320. The third kappa shape index (κ3) is 14.4. The van der Waals surface area contributed by atoms with Gasteiger partial charge >= 0.3 is 11.9 Å². The predicted molar refractivity (Wildman–Crippen MR) is 185 cm³/mol. The van der Waals surface area contributed by atoms with Gasteiger partial charge in [0.05, 0.1) is 24.9 Å². The molecule has 0 aliphatic carbocycles. The third-order valence-corrected chi connectivity index (χ3v) is 8.58. The van der Waals surface area contributed by atoms with Crippen molar-refractivity contribution < 1.29 is 34.1 Å². The lowest BCUT2D eigenvalue weighted by molar-refractivity contribution is -0.151. The number of allylic oxidation sites excluding steroid dienone is 2. The van der Waals surface area contributed by atoms with Gasteiger partial charge in [-0.3, -0.25) is 14.4 Å². The summed E-state index contributed by atoms with van der Waals surface area (Å²) < 4.78 is 11.6. The van der Waals surface area contributed by atoms with Gasteiger partial charge in [0.2, 0.25) is 5.91 Å². The van der Waals surface area contributed by atoms with Crippen LogP contribution in [-0.2, 0) is 25.5 Å². The summed E-state index contributed by atoms with van der Waals surface area (Å²) in [5.41, 5.74) is 0.895. The summed E-state index contributed by atoms with van der Waals surface area (Å²) >= 11 is 5.93. The number of epoxide rings is 1. The minimum absolute atomic E-state index is 0.0598. The van der Waals surface area contributed by atoms with Gasteiger partial charge in [0.1, 0.15) is 17.1 Å². The number of unbranched alkanes of at least 4 members (excludes halogenated alkanes) is 7. The van der Waals surface area contributed by atoms with E-state index in [-0.39, 0.29) is 11.6 Å². The molecule has 1 saturated heterocycles. The lowest BCUT2D eigenvalue weighted by atomic mass is 9.87. The summed E-state index contributed by atoms with van der Waals surface area (Å²) in [4.78, 5) is 36.8. The second-order valence-corrected chi connectivity index (χ2v) is 13.0. The van der Waals surface area contributed by atoms with Gasteiger partial charge < -0.3 is 25.0 Å². The van der Waals surface area contributed by atoms with Crippen LogP contribution in [0.5, 0.6) is 11.5 Å². The molecule has 0 spiro atoms. The van der Waals surface area contributed by atoms with Crippen LogP contribution < -0.4 is 10.1 Å². The molecule has 8 nitrogen and oxygen atoms in total. The topological polar surface area (TPSA) is 125 Å². The standard InChI is InChI=1S/C38H50ClNO7/c1-3-4-5-9-12-23-38(27-46-38)24-13-10-7-6-8-11-14-33(34(37(44)45)26-35(41)42)36(43)40-28(2)25-29-15-19-31(20-16-29)47-32-21-17-30(39)18-22-32/h11-12,14-23,28,33-34H,3-10,13,24-27H2,1-2H3,(H,40,43)(H,41,42)(H,44,45)/b14-11+,23-12+/t28?,33-,34?,38?/m0/s1. The molecule has 256 valence electrons. The van der Waals surface area contributed by atoms with Gasteiger partial charge in [0.15, 0.2) is 0 Å². The second-order valence-electron chi connectivity index (χ2n) is 12.5. The highest BCUT2D eigenvalue weighted by Crippen LogP contribution is 2.35. The van der Waals surface area contributed by atoms with Gasteiger partial charge in [0, 0.05) is 11.1 Å². The van der Waals surface area contributed by atoms with Crippen LogP contribution in [0.15, 0.2) is 72.8 Å². The minimum Gasteiger partial charge on any atom is -0.481 e. The lowest BCUT2D eigenvalue weighted by Crippen LogP contribution is -2.42. The van der Waals surface area contributed by atoms with Gasteiger partial charge in [-0.2, -0.15) is 0 Å². The Balaban J connectivity index is 1.47. The number of ether oxygens (including phenoxy) is 2. The van der Waals surface area contributed by atoms with Crippen LogP contribution in [0, 0.1) is 11.8 Å². The Kier molecular flexibility index (Phi) is 16.0. The smallest absolute Gasteiger partial charge is 0.308 e. The van der Waals surface area contributed by atoms with Crippen molar-refractivity contribution in [3.8, 4) is 11.5 Å². The van der Waals surface area contributed by atoms with E-state index < -0.39 is 36.1 Å². The number of carbonyl (C=O) groups is 3. The normalized spacial score (nSPS) is 17.8. The van der Waals surface area contributed by atoms with E-state index in [1.54, 1.807) is 30.3 Å². The Hall–Kier alpha value is -3.62. The summed E-state index contributed by atoms with van der Waals surface area (Å²) in [6.45, 7) is 4.84. The zero-order valence-electron chi connectivity index (χ0n) is 27.7. The van der Waals surface area contributed by atoms with Crippen molar-refractivity contribution in [2.75, 3.05) is 6.61 Å². The van der Waals surface area contributed by atoms with E-state index in [0.717, 1.165) is 50.7 Å². The van der Waals surface area contributed by atoms with E-state index in [0.29, 0.717) is 29.4 Å². The zero-order chi connectivity index (χ0) is 34.1. The van der Waals surface area contributed by atoms with Crippen molar-refractivity contribution >= 4 is 29.4 Å². The highest BCUT2D eigenvalue weighted by atomic mass is 35.5. The number of aliphatic carboxylic acids is 2. The molecular weight excluding hydrogens is 618 g/mol. The largest absolute Gasteiger partial charge is 0.481 e. The molecule has 0 saturated carbocycles. The van der Waals surface area contributed by atoms with E-state index in [1.807, 2.05) is 37.3 Å². The van der Waals surface area contributed by atoms with E-state index >= 15 is 0 Å². The molecule has 4 atom stereocenters. The molecule has 3 rings (SSSR count). The van der Waals surface area contributed by atoms with Crippen LogP contribution in [-0.4, -0.2) is 46.3 Å². The Labute approximate surface area is 284 Å². The maximum absolute atomic E-state index is 13.3. The number of amides is 1. The van der Waals surface area contributed by atoms with Crippen molar-refractivity contribution in [2.24, 2.45) is 11.8 Å². The van der Waals surface area contributed by atoms with E-state index in [9.17, 15) is 24.6 Å². The molecule has 0 aromatic heterocycles. The van der Waals surface area contributed by atoms with Crippen LogP contribution in [0.2, 0.25) is 5.02 Å². The Morgan fingerprint density at radius 3 is 2.17 bits per heavy atom. The van der Waals surface area contributed by atoms with Crippen molar-refractivity contribution in [2.45, 2.75) is 103 Å². The quantitative estimate of drug-likeness (QED) is 0.0614. The summed E-state index contributed by atoms with van der Waals surface area (Å²) in [7, 11) is 0. The third-order valence-electron chi connectivity index (χ3n) is 8.33. The average Bonchev–Trinajstić information content (AvgIpc) is 3.80. The summed E-state index contributed by atoms with van der Waals surface area (Å²) in [5, 5.41) is 22.7. The van der Waals surface area contributed by atoms with Crippen molar-refractivity contribution in [3.05, 3.63) is 83.4 Å². The molecule has 3 unspecified atom stereocenters. The van der Waals surface area contributed by atoms with Gasteiger partial charge in [-0.15, -0.1) is 0 Å². The van der Waals surface area contributed by atoms with Gasteiger partial charge in [0.25, 0.3) is 0 Å². The molecule has 0 bridgehead atoms. The number of rotatable bonds is 23. The molecule has 1 heterocycles. The van der Waals surface area contributed by atoms with Crippen LogP contribution in [0.3, 0.4) is 0 Å². The number of carbonyl (C=O) groups excluding carboxylic acids is 1. The number of halogens is 1. The first-order valence-electron chi connectivity index (χ1n) is 16.9. The van der Waals surface area contributed by atoms with Gasteiger partial charge in [-0.05, 0) is 87.4 Å². The van der Waals surface area contributed by atoms with Crippen LogP contribution >= 0.6 is 11.6 Å². The molecule has 1 aliphatic heterocycles. The van der Waals surface area contributed by atoms with Crippen molar-refractivity contribution in [1.82, 2.24) is 5.32 Å². The molecule has 2 aromatic carbocycles. The molecule has 1 fully saturated rings. The number of benzene rings is 2.